The number of piperidine rings is 1. The number of hydrogen-bond acceptors (Lipinski definition) is 4. The fraction of sp³-hybridized carbons (Fsp3) is 0.643. The van der Waals surface area contributed by atoms with Gasteiger partial charge in [0.2, 0.25) is 11.8 Å². The molecule has 0 radical (unpaired) electrons. The van der Waals surface area contributed by atoms with E-state index >= 15 is 0 Å². The Bertz CT molecular complexity index is 529. The van der Waals surface area contributed by atoms with Gasteiger partial charge in [-0.05, 0) is 19.8 Å². The van der Waals surface area contributed by atoms with Crippen molar-refractivity contribution in [3.63, 3.8) is 0 Å². The molecule has 7 nitrogen and oxygen atoms in total. The van der Waals surface area contributed by atoms with Gasteiger partial charge in [-0.2, -0.15) is 5.10 Å². The highest BCUT2D eigenvalue weighted by Gasteiger charge is 2.39. The Labute approximate surface area is 123 Å². The van der Waals surface area contributed by atoms with Crippen molar-refractivity contribution in [1.29, 1.82) is 0 Å². The monoisotopic (exact) mass is 291 g/mol. The van der Waals surface area contributed by atoms with Crippen LogP contribution in [0.25, 0.3) is 0 Å². The number of aromatic amines is 1. The average Bonchev–Trinajstić information content (AvgIpc) is 3.07. The first-order chi connectivity index (χ1) is 10.1. The summed E-state index contributed by atoms with van der Waals surface area (Å²) in [6, 6.07) is 0.330. The molecule has 3 rings (SSSR count). The molecule has 21 heavy (non-hydrogen) atoms. The van der Waals surface area contributed by atoms with E-state index in [0.717, 1.165) is 18.5 Å². The number of rotatable bonds is 2. The molecule has 0 saturated carbocycles. The number of likely N-dealkylation sites (tertiary alicyclic amines) is 1. The number of nitrogens with two attached hydrogens (primary N) is 1. The number of carbonyl (C=O) groups excluding carboxylic acids is 2. The zero-order valence-corrected chi connectivity index (χ0v) is 12.2. The third-order valence-corrected chi connectivity index (χ3v) is 4.47. The van der Waals surface area contributed by atoms with Gasteiger partial charge >= 0.3 is 0 Å². The van der Waals surface area contributed by atoms with Crippen molar-refractivity contribution in [2.45, 2.75) is 38.3 Å². The molecule has 3 atom stereocenters. The van der Waals surface area contributed by atoms with E-state index in [4.69, 9.17) is 5.73 Å². The summed E-state index contributed by atoms with van der Waals surface area (Å²) in [5.41, 5.74) is 6.66. The fourth-order valence-corrected chi connectivity index (χ4v) is 3.28. The smallest absolute Gasteiger partial charge is 0.228 e. The van der Waals surface area contributed by atoms with Crippen LogP contribution in [0.15, 0.2) is 12.4 Å². The summed E-state index contributed by atoms with van der Waals surface area (Å²) in [5.74, 6) is -0.200. The van der Waals surface area contributed by atoms with Crippen LogP contribution >= 0.6 is 0 Å². The van der Waals surface area contributed by atoms with Gasteiger partial charge < -0.3 is 15.5 Å². The molecule has 2 saturated heterocycles. The number of amides is 2. The number of aromatic nitrogens is 2. The zero-order chi connectivity index (χ0) is 15.0. The fourth-order valence-electron chi connectivity index (χ4n) is 3.28. The van der Waals surface area contributed by atoms with Crippen molar-refractivity contribution < 1.29 is 9.59 Å². The van der Waals surface area contributed by atoms with Gasteiger partial charge in [0.15, 0.2) is 0 Å². The van der Waals surface area contributed by atoms with Gasteiger partial charge in [-0.15, -0.1) is 0 Å². The van der Waals surface area contributed by atoms with Gasteiger partial charge in [-0.25, -0.2) is 0 Å². The Morgan fingerprint density at radius 3 is 3.00 bits per heavy atom. The van der Waals surface area contributed by atoms with Gasteiger partial charge in [0.25, 0.3) is 0 Å². The number of carbonyl (C=O) groups is 2. The molecular weight excluding hydrogens is 270 g/mol. The van der Waals surface area contributed by atoms with Gasteiger partial charge in [-0.3, -0.25) is 14.7 Å². The van der Waals surface area contributed by atoms with Gasteiger partial charge in [-0.1, -0.05) is 0 Å². The summed E-state index contributed by atoms with van der Waals surface area (Å²) < 4.78 is 0. The predicted octanol–water partition coefficient (Wildman–Crippen LogP) is 0.101. The van der Waals surface area contributed by atoms with E-state index in [1.54, 1.807) is 17.3 Å². The van der Waals surface area contributed by atoms with Gasteiger partial charge in [0.05, 0.1) is 17.8 Å². The zero-order valence-electron chi connectivity index (χ0n) is 12.2. The summed E-state index contributed by atoms with van der Waals surface area (Å²) in [5, 5.41) is 6.55. The summed E-state index contributed by atoms with van der Waals surface area (Å²) >= 11 is 0. The van der Waals surface area contributed by atoms with Crippen molar-refractivity contribution in [2.75, 3.05) is 18.0 Å². The molecule has 0 unspecified atom stereocenters. The van der Waals surface area contributed by atoms with Crippen molar-refractivity contribution in [1.82, 2.24) is 15.1 Å². The van der Waals surface area contributed by atoms with E-state index in [-0.39, 0.29) is 36.2 Å². The molecule has 2 amide bonds. The Hall–Kier alpha value is -1.89. The molecule has 7 heteroatoms. The Kier molecular flexibility index (Phi) is 3.67. The molecule has 2 aliphatic rings. The molecule has 2 fully saturated rings. The van der Waals surface area contributed by atoms with E-state index in [2.05, 4.69) is 10.2 Å². The molecule has 3 heterocycles. The molecular formula is C14H21N5O2. The van der Waals surface area contributed by atoms with Crippen LogP contribution in [0, 0.1) is 5.92 Å². The molecule has 2 aliphatic heterocycles. The normalized spacial score (nSPS) is 30.0. The summed E-state index contributed by atoms with van der Waals surface area (Å²) in [6.45, 7) is 3.16. The summed E-state index contributed by atoms with van der Waals surface area (Å²) in [7, 11) is 0. The number of hydrogen-bond donors (Lipinski definition) is 2. The number of nitrogens with one attached hydrogen (secondary N) is 1. The SMILES string of the molecule is C[C@@H]1C[C@@H](N)CCN1C(=O)[C@@H]1CC(=O)N(c2cn[nH]c2)C1. The van der Waals surface area contributed by atoms with Crippen molar-refractivity contribution in [3.05, 3.63) is 12.4 Å². The second kappa shape index (κ2) is 5.48. The molecule has 1 aromatic rings. The largest absolute Gasteiger partial charge is 0.340 e. The molecule has 0 aromatic carbocycles. The maximum Gasteiger partial charge on any atom is 0.228 e. The molecule has 0 aliphatic carbocycles. The minimum absolute atomic E-state index is 0.0175. The van der Waals surface area contributed by atoms with Crippen LogP contribution in [-0.4, -0.2) is 52.1 Å². The lowest BCUT2D eigenvalue weighted by Gasteiger charge is -2.37. The number of anilines is 1. The minimum Gasteiger partial charge on any atom is -0.340 e. The van der Waals surface area contributed by atoms with Crippen LogP contribution in [0.4, 0.5) is 5.69 Å². The second-order valence-electron chi connectivity index (χ2n) is 6.03. The number of H-pyrrole nitrogens is 1. The molecule has 114 valence electrons. The first-order valence-corrected chi connectivity index (χ1v) is 7.41. The third kappa shape index (κ3) is 2.65. The second-order valence-corrected chi connectivity index (χ2v) is 6.03. The van der Waals surface area contributed by atoms with Crippen LogP contribution in [0.1, 0.15) is 26.2 Å². The highest BCUT2D eigenvalue weighted by atomic mass is 16.2. The lowest BCUT2D eigenvalue weighted by molar-refractivity contribution is -0.139. The molecule has 0 bridgehead atoms. The standard InChI is InChI=1S/C14H21N5O2/c1-9-4-11(15)2-3-18(9)14(21)10-5-13(20)19(8-10)12-6-16-17-7-12/h6-7,9-11H,2-5,8,15H2,1H3,(H,16,17)/t9-,10-,11+/m1/s1. The van der Waals surface area contributed by atoms with Gasteiger partial charge in [0, 0.05) is 37.8 Å². The van der Waals surface area contributed by atoms with Crippen molar-refractivity contribution in [2.24, 2.45) is 11.7 Å². The lowest BCUT2D eigenvalue weighted by Crippen LogP contribution is -2.50. The van der Waals surface area contributed by atoms with Crippen molar-refractivity contribution >= 4 is 17.5 Å². The average molecular weight is 291 g/mol. The van der Waals surface area contributed by atoms with Crippen molar-refractivity contribution in [3.8, 4) is 0 Å². The van der Waals surface area contributed by atoms with Crippen LogP contribution in [0.3, 0.4) is 0 Å². The minimum atomic E-state index is -0.260. The molecule has 1 aromatic heterocycles. The summed E-state index contributed by atoms with van der Waals surface area (Å²) in [6.07, 6.45) is 5.22. The lowest BCUT2D eigenvalue weighted by atomic mass is 9.96. The highest BCUT2D eigenvalue weighted by molar-refractivity contribution is 6.00. The Balaban J connectivity index is 1.68. The number of nitrogens with zero attached hydrogens (tertiary/aromatic N) is 3. The third-order valence-electron chi connectivity index (χ3n) is 4.47. The van der Waals surface area contributed by atoms with Crippen LogP contribution < -0.4 is 10.6 Å². The maximum absolute atomic E-state index is 12.7. The molecule has 3 N–H and O–H groups in total. The topological polar surface area (TPSA) is 95.3 Å². The van der Waals surface area contributed by atoms with Crippen LogP contribution in [-0.2, 0) is 9.59 Å². The molecule has 0 spiro atoms. The highest BCUT2D eigenvalue weighted by Crippen LogP contribution is 2.27. The van der Waals surface area contributed by atoms with Crippen LogP contribution in [0.5, 0.6) is 0 Å². The van der Waals surface area contributed by atoms with E-state index in [1.807, 2.05) is 11.8 Å². The first kappa shape index (κ1) is 14.1. The maximum atomic E-state index is 12.7. The van der Waals surface area contributed by atoms with Gasteiger partial charge in [0.1, 0.15) is 0 Å². The Morgan fingerprint density at radius 2 is 2.33 bits per heavy atom. The summed E-state index contributed by atoms with van der Waals surface area (Å²) in [4.78, 5) is 28.3. The first-order valence-electron chi connectivity index (χ1n) is 7.41. The van der Waals surface area contributed by atoms with Crippen LogP contribution in [0.2, 0.25) is 0 Å². The van der Waals surface area contributed by atoms with E-state index in [9.17, 15) is 9.59 Å². The van der Waals surface area contributed by atoms with E-state index < -0.39 is 0 Å². The quantitative estimate of drug-likeness (QED) is 0.808. The van der Waals surface area contributed by atoms with E-state index in [1.165, 1.54) is 0 Å². The predicted molar refractivity (Wildman–Crippen MR) is 77.4 cm³/mol. The Morgan fingerprint density at radius 1 is 1.52 bits per heavy atom. The van der Waals surface area contributed by atoms with E-state index in [0.29, 0.717) is 13.1 Å².